The van der Waals surface area contributed by atoms with Crippen molar-refractivity contribution in [2.75, 3.05) is 6.61 Å². The van der Waals surface area contributed by atoms with Crippen molar-refractivity contribution in [3.63, 3.8) is 0 Å². The minimum atomic E-state index is -0.411. The van der Waals surface area contributed by atoms with Crippen LogP contribution >= 0.6 is 0 Å². The maximum atomic E-state index is 11.7. The second-order valence-electron chi connectivity index (χ2n) is 6.70. The number of ether oxygens (including phenoxy) is 1. The third-order valence-corrected chi connectivity index (χ3v) is 4.44. The van der Waals surface area contributed by atoms with Crippen molar-refractivity contribution in [3.8, 4) is 0 Å². The summed E-state index contributed by atoms with van der Waals surface area (Å²) in [6.45, 7) is 2.67. The molecule has 4 nitrogen and oxygen atoms in total. The van der Waals surface area contributed by atoms with E-state index in [0.29, 0.717) is 19.4 Å². The van der Waals surface area contributed by atoms with Crippen molar-refractivity contribution in [3.05, 3.63) is 12.2 Å². The van der Waals surface area contributed by atoms with Gasteiger partial charge in [0.15, 0.2) is 0 Å². The quantitative estimate of drug-likeness (QED) is 0.284. The highest BCUT2D eigenvalue weighted by Crippen LogP contribution is 2.10. The number of cyclic esters (lactones) is 1. The highest BCUT2D eigenvalue weighted by molar-refractivity contribution is 5.85. The highest BCUT2D eigenvalue weighted by Gasteiger charge is 2.27. The molecule has 1 heterocycles. The lowest BCUT2D eigenvalue weighted by Gasteiger charge is -2.08. The van der Waals surface area contributed by atoms with Gasteiger partial charge < -0.3 is 10.1 Å². The molecule has 1 atom stereocenters. The Bertz CT molecular complexity index is 379. The molecular formula is C20H35NO3. The average molecular weight is 338 g/mol. The monoisotopic (exact) mass is 337 g/mol. The normalized spacial score (nSPS) is 17.4. The van der Waals surface area contributed by atoms with Crippen LogP contribution in [0.25, 0.3) is 0 Å². The lowest BCUT2D eigenvalue weighted by Crippen LogP contribution is -2.37. The Morgan fingerprint density at radius 3 is 2.29 bits per heavy atom. The van der Waals surface area contributed by atoms with Gasteiger partial charge in [0, 0.05) is 12.8 Å². The minimum absolute atomic E-state index is 0.0233. The molecule has 0 spiro atoms. The molecule has 1 fully saturated rings. The summed E-state index contributed by atoms with van der Waals surface area (Å²) in [6, 6.07) is -0.411. The fourth-order valence-corrected chi connectivity index (χ4v) is 2.90. The van der Waals surface area contributed by atoms with Crippen LogP contribution < -0.4 is 5.32 Å². The molecule has 1 aliphatic heterocycles. The molecule has 0 bridgehead atoms. The van der Waals surface area contributed by atoms with Crippen molar-refractivity contribution in [1.29, 1.82) is 0 Å². The number of carbonyl (C=O) groups is 2. The van der Waals surface area contributed by atoms with Gasteiger partial charge >= 0.3 is 5.97 Å². The van der Waals surface area contributed by atoms with E-state index in [9.17, 15) is 9.59 Å². The number of amides is 1. The second-order valence-corrected chi connectivity index (χ2v) is 6.70. The van der Waals surface area contributed by atoms with Crippen LogP contribution in [-0.4, -0.2) is 24.5 Å². The number of allylic oxidation sites excluding steroid dienone is 2. The number of esters is 1. The number of hydrogen-bond donors (Lipinski definition) is 1. The Balaban J connectivity index is 1.84. The van der Waals surface area contributed by atoms with E-state index < -0.39 is 6.04 Å². The Morgan fingerprint density at radius 1 is 1.04 bits per heavy atom. The zero-order valence-corrected chi connectivity index (χ0v) is 15.4. The molecule has 24 heavy (non-hydrogen) atoms. The van der Waals surface area contributed by atoms with E-state index in [1.54, 1.807) is 0 Å². The van der Waals surface area contributed by atoms with Crippen LogP contribution in [0.3, 0.4) is 0 Å². The third-order valence-electron chi connectivity index (χ3n) is 4.44. The van der Waals surface area contributed by atoms with Crippen LogP contribution in [0.4, 0.5) is 0 Å². The molecule has 0 aliphatic carbocycles. The predicted molar refractivity (Wildman–Crippen MR) is 97.7 cm³/mol. The van der Waals surface area contributed by atoms with Gasteiger partial charge in [0.05, 0.1) is 6.61 Å². The summed E-state index contributed by atoms with van der Waals surface area (Å²) in [7, 11) is 0. The van der Waals surface area contributed by atoms with E-state index in [2.05, 4.69) is 24.4 Å². The number of unbranched alkanes of at least 4 members (excludes halogenated alkanes) is 9. The SMILES string of the molecule is CCCCCC/C=C\CCCCCCCC(=O)NC1CCOC1=O. The van der Waals surface area contributed by atoms with Crippen molar-refractivity contribution in [2.24, 2.45) is 0 Å². The van der Waals surface area contributed by atoms with Crippen molar-refractivity contribution < 1.29 is 14.3 Å². The second kappa shape index (κ2) is 14.1. The van der Waals surface area contributed by atoms with Crippen LogP contribution in [0.2, 0.25) is 0 Å². The van der Waals surface area contributed by atoms with Gasteiger partial charge in [0.25, 0.3) is 0 Å². The van der Waals surface area contributed by atoms with Crippen LogP contribution in [0.1, 0.15) is 90.4 Å². The lowest BCUT2D eigenvalue weighted by molar-refractivity contribution is -0.141. The third kappa shape index (κ3) is 10.5. The lowest BCUT2D eigenvalue weighted by atomic mass is 10.1. The van der Waals surface area contributed by atoms with Gasteiger partial charge in [-0.1, -0.05) is 57.6 Å². The zero-order valence-electron chi connectivity index (χ0n) is 15.4. The summed E-state index contributed by atoms with van der Waals surface area (Å²) in [6.07, 6.45) is 19.2. The molecule has 1 rings (SSSR count). The Kier molecular flexibility index (Phi) is 12.1. The van der Waals surface area contributed by atoms with Crippen molar-refractivity contribution >= 4 is 11.9 Å². The van der Waals surface area contributed by atoms with E-state index in [1.807, 2.05) is 0 Å². The van der Waals surface area contributed by atoms with Crippen LogP contribution in [0.15, 0.2) is 12.2 Å². The summed E-state index contributed by atoms with van der Waals surface area (Å²) in [4.78, 5) is 23.0. The summed E-state index contributed by atoms with van der Waals surface area (Å²) >= 11 is 0. The van der Waals surface area contributed by atoms with Gasteiger partial charge in [-0.2, -0.15) is 0 Å². The molecule has 0 radical (unpaired) electrons. The van der Waals surface area contributed by atoms with Gasteiger partial charge in [0.1, 0.15) is 6.04 Å². The first kappa shape index (κ1) is 20.7. The first-order valence-electron chi connectivity index (χ1n) is 9.85. The molecule has 0 aromatic carbocycles. The van der Waals surface area contributed by atoms with Crippen LogP contribution in [0.5, 0.6) is 0 Å². The Hall–Kier alpha value is -1.32. The summed E-state index contributed by atoms with van der Waals surface area (Å²) in [5.41, 5.74) is 0. The number of rotatable bonds is 14. The minimum Gasteiger partial charge on any atom is -0.464 e. The fraction of sp³-hybridized carbons (Fsp3) is 0.800. The standard InChI is InChI=1S/C20H35NO3/c1-2-3-4-5-6-7-8-9-10-11-12-13-14-15-19(22)21-18-16-17-24-20(18)23/h7-8,18H,2-6,9-17H2,1H3,(H,21,22)/b8-7-. The van der Waals surface area contributed by atoms with Crippen LogP contribution in [-0.2, 0) is 14.3 Å². The van der Waals surface area contributed by atoms with E-state index in [1.165, 1.54) is 57.8 Å². The molecule has 1 amide bonds. The van der Waals surface area contributed by atoms with Crippen LogP contribution in [0, 0.1) is 0 Å². The first-order valence-corrected chi connectivity index (χ1v) is 9.85. The van der Waals surface area contributed by atoms with E-state index >= 15 is 0 Å². The maximum absolute atomic E-state index is 11.7. The largest absolute Gasteiger partial charge is 0.464 e. The zero-order chi connectivity index (χ0) is 17.5. The predicted octanol–water partition coefficient (Wildman–Crippen LogP) is 4.68. The molecule has 0 aromatic heterocycles. The molecule has 4 heteroatoms. The summed E-state index contributed by atoms with van der Waals surface area (Å²) < 4.78 is 4.83. The van der Waals surface area contributed by atoms with Crippen molar-refractivity contribution in [1.82, 2.24) is 5.32 Å². The first-order chi connectivity index (χ1) is 11.7. The molecule has 1 aliphatic rings. The van der Waals surface area contributed by atoms with Gasteiger partial charge in [-0.25, -0.2) is 4.79 Å². The molecule has 1 N–H and O–H groups in total. The fourth-order valence-electron chi connectivity index (χ4n) is 2.90. The van der Waals surface area contributed by atoms with Gasteiger partial charge in [-0.3, -0.25) is 4.79 Å². The van der Waals surface area contributed by atoms with Gasteiger partial charge in [-0.15, -0.1) is 0 Å². The van der Waals surface area contributed by atoms with E-state index in [0.717, 1.165) is 12.8 Å². The molecule has 138 valence electrons. The molecular weight excluding hydrogens is 302 g/mol. The summed E-state index contributed by atoms with van der Waals surface area (Å²) in [5.74, 6) is -0.313. The van der Waals surface area contributed by atoms with Gasteiger partial charge in [0.2, 0.25) is 5.91 Å². The van der Waals surface area contributed by atoms with Crippen molar-refractivity contribution in [2.45, 2.75) is 96.4 Å². The summed E-state index contributed by atoms with van der Waals surface area (Å²) in [5, 5.41) is 2.75. The van der Waals surface area contributed by atoms with E-state index in [4.69, 9.17) is 4.74 Å². The maximum Gasteiger partial charge on any atom is 0.328 e. The number of nitrogens with one attached hydrogen (secondary N) is 1. The smallest absolute Gasteiger partial charge is 0.328 e. The number of hydrogen-bond acceptors (Lipinski definition) is 3. The molecule has 0 saturated carbocycles. The molecule has 1 saturated heterocycles. The molecule has 1 unspecified atom stereocenters. The number of carbonyl (C=O) groups excluding carboxylic acids is 2. The van der Waals surface area contributed by atoms with E-state index in [-0.39, 0.29) is 11.9 Å². The Labute approximate surface area is 147 Å². The Morgan fingerprint density at radius 2 is 1.67 bits per heavy atom. The molecule has 0 aromatic rings. The topological polar surface area (TPSA) is 55.4 Å². The van der Waals surface area contributed by atoms with Gasteiger partial charge in [-0.05, 0) is 32.1 Å². The highest BCUT2D eigenvalue weighted by atomic mass is 16.5. The average Bonchev–Trinajstić information content (AvgIpc) is 2.97.